The Hall–Kier alpha value is -1.10. The van der Waals surface area contributed by atoms with Crippen molar-refractivity contribution in [1.29, 1.82) is 0 Å². The van der Waals surface area contributed by atoms with Gasteiger partial charge in [0.05, 0.1) is 0 Å². The van der Waals surface area contributed by atoms with Crippen LogP contribution in [-0.2, 0) is 9.59 Å². The highest BCUT2D eigenvalue weighted by molar-refractivity contribution is 5.85. The van der Waals surface area contributed by atoms with Crippen molar-refractivity contribution in [1.82, 2.24) is 5.32 Å². The van der Waals surface area contributed by atoms with E-state index in [4.69, 9.17) is 10.8 Å². The maximum Gasteiger partial charge on any atom is 0.326 e. The minimum atomic E-state index is -0.958. The summed E-state index contributed by atoms with van der Waals surface area (Å²) in [4.78, 5) is 23.3. The summed E-state index contributed by atoms with van der Waals surface area (Å²) in [6.07, 6.45) is 3.51. The van der Waals surface area contributed by atoms with Crippen LogP contribution in [0, 0.1) is 17.8 Å². The van der Waals surface area contributed by atoms with Crippen LogP contribution < -0.4 is 11.1 Å². The quantitative estimate of drug-likeness (QED) is 0.660. The average molecular weight is 256 g/mol. The van der Waals surface area contributed by atoms with Crippen LogP contribution in [0.5, 0.6) is 0 Å². The molecular formula is C13H24N2O3. The molecular weight excluding hydrogens is 232 g/mol. The third-order valence-corrected chi connectivity index (χ3v) is 4.08. The lowest BCUT2D eigenvalue weighted by Crippen LogP contribution is -2.48. The van der Waals surface area contributed by atoms with Gasteiger partial charge >= 0.3 is 5.97 Å². The summed E-state index contributed by atoms with van der Waals surface area (Å²) in [5, 5.41) is 11.8. The highest BCUT2D eigenvalue weighted by atomic mass is 16.4. The molecule has 5 heteroatoms. The fraction of sp³-hybridized carbons (Fsp3) is 0.846. The third-order valence-electron chi connectivity index (χ3n) is 4.08. The normalized spacial score (nSPS) is 26.6. The second-order valence-electron chi connectivity index (χ2n) is 5.24. The smallest absolute Gasteiger partial charge is 0.326 e. The maximum absolute atomic E-state index is 12.1. The minimum Gasteiger partial charge on any atom is -0.480 e. The fourth-order valence-electron chi connectivity index (χ4n) is 2.61. The van der Waals surface area contributed by atoms with Crippen molar-refractivity contribution in [3.8, 4) is 0 Å². The molecule has 0 heterocycles. The number of nitrogens with one attached hydrogen (secondary N) is 1. The maximum atomic E-state index is 12.1. The lowest BCUT2D eigenvalue weighted by atomic mass is 9.93. The first-order chi connectivity index (χ1) is 8.51. The number of rotatable bonds is 6. The summed E-state index contributed by atoms with van der Waals surface area (Å²) >= 11 is 0. The highest BCUT2D eigenvalue weighted by Gasteiger charge is 2.35. The topological polar surface area (TPSA) is 92.4 Å². The average Bonchev–Trinajstić information content (AvgIpc) is 2.82. The second kappa shape index (κ2) is 6.73. The molecule has 1 rings (SSSR count). The first kappa shape index (κ1) is 15.0. The molecule has 1 fully saturated rings. The Balaban J connectivity index is 2.63. The summed E-state index contributed by atoms with van der Waals surface area (Å²) in [5.74, 6) is -1.07. The van der Waals surface area contributed by atoms with Crippen molar-refractivity contribution in [3.05, 3.63) is 0 Å². The van der Waals surface area contributed by atoms with Crippen LogP contribution in [0.3, 0.4) is 0 Å². The summed E-state index contributed by atoms with van der Waals surface area (Å²) in [7, 11) is 0. The van der Waals surface area contributed by atoms with E-state index in [9.17, 15) is 9.59 Å². The molecule has 104 valence electrons. The number of carboxylic acid groups (broad SMARTS) is 1. The van der Waals surface area contributed by atoms with Gasteiger partial charge in [-0.3, -0.25) is 4.79 Å². The number of aliphatic carboxylic acids is 1. The first-order valence-corrected chi connectivity index (χ1v) is 6.74. The number of nitrogens with two attached hydrogens (primary N) is 1. The Morgan fingerprint density at radius 2 is 2.11 bits per heavy atom. The van der Waals surface area contributed by atoms with E-state index >= 15 is 0 Å². The van der Waals surface area contributed by atoms with Gasteiger partial charge in [0.2, 0.25) is 5.91 Å². The van der Waals surface area contributed by atoms with Gasteiger partial charge in [-0.05, 0) is 31.2 Å². The molecule has 1 aliphatic carbocycles. The van der Waals surface area contributed by atoms with Crippen molar-refractivity contribution in [2.75, 3.05) is 6.54 Å². The zero-order valence-electron chi connectivity index (χ0n) is 11.2. The van der Waals surface area contributed by atoms with Crippen molar-refractivity contribution in [3.63, 3.8) is 0 Å². The first-order valence-electron chi connectivity index (χ1n) is 6.74. The van der Waals surface area contributed by atoms with E-state index in [1.807, 2.05) is 13.8 Å². The molecule has 0 saturated heterocycles. The van der Waals surface area contributed by atoms with Crippen molar-refractivity contribution < 1.29 is 14.7 Å². The number of carbonyl (C=O) groups is 2. The third kappa shape index (κ3) is 3.45. The van der Waals surface area contributed by atoms with Gasteiger partial charge in [-0.2, -0.15) is 0 Å². The Morgan fingerprint density at radius 3 is 2.61 bits per heavy atom. The van der Waals surface area contributed by atoms with Crippen LogP contribution in [0.1, 0.15) is 39.5 Å². The molecule has 0 bridgehead atoms. The van der Waals surface area contributed by atoms with Crippen LogP contribution in [0.15, 0.2) is 0 Å². The predicted molar refractivity (Wildman–Crippen MR) is 68.9 cm³/mol. The number of hydrogen-bond donors (Lipinski definition) is 3. The van der Waals surface area contributed by atoms with Gasteiger partial charge < -0.3 is 16.2 Å². The molecule has 4 N–H and O–H groups in total. The number of carbonyl (C=O) groups excluding carboxylic acids is 1. The predicted octanol–water partition coefficient (Wildman–Crippen LogP) is 0.977. The lowest BCUT2D eigenvalue weighted by Gasteiger charge is -2.24. The molecule has 0 radical (unpaired) electrons. The molecule has 4 atom stereocenters. The Bertz CT molecular complexity index is 307. The zero-order valence-corrected chi connectivity index (χ0v) is 11.2. The van der Waals surface area contributed by atoms with E-state index in [1.165, 1.54) is 0 Å². The molecule has 1 amide bonds. The van der Waals surface area contributed by atoms with E-state index in [0.29, 0.717) is 6.54 Å². The molecule has 0 aromatic carbocycles. The summed E-state index contributed by atoms with van der Waals surface area (Å²) in [6, 6.07) is -0.790. The van der Waals surface area contributed by atoms with Gasteiger partial charge in [-0.25, -0.2) is 4.79 Å². The number of carboxylic acids is 1. The van der Waals surface area contributed by atoms with Crippen molar-refractivity contribution in [2.24, 2.45) is 23.5 Å². The Labute approximate surface area is 108 Å². The second-order valence-corrected chi connectivity index (χ2v) is 5.24. The van der Waals surface area contributed by atoms with Gasteiger partial charge in [-0.15, -0.1) is 0 Å². The standard InChI is InChI=1S/C13H24N2O3/c1-3-8(2)11(13(17)18)15-12(16)10-6-4-5-9(10)7-14/h8-11H,3-7,14H2,1-2H3,(H,15,16)(H,17,18)/t8-,9?,10?,11-/m0/s1. The van der Waals surface area contributed by atoms with Crippen LogP contribution in [0.2, 0.25) is 0 Å². The summed E-state index contributed by atoms with van der Waals surface area (Å²) in [6.45, 7) is 4.26. The molecule has 0 aromatic heterocycles. The minimum absolute atomic E-state index is 0.0656. The van der Waals surface area contributed by atoms with E-state index in [-0.39, 0.29) is 23.7 Å². The SMILES string of the molecule is CC[C@H](C)[C@H](NC(=O)C1CCCC1CN)C(=O)O. The largest absolute Gasteiger partial charge is 0.480 e. The summed E-state index contributed by atoms with van der Waals surface area (Å²) < 4.78 is 0. The van der Waals surface area contributed by atoms with Crippen LogP contribution in [0.4, 0.5) is 0 Å². The van der Waals surface area contributed by atoms with Crippen molar-refractivity contribution in [2.45, 2.75) is 45.6 Å². The monoisotopic (exact) mass is 256 g/mol. The fourth-order valence-corrected chi connectivity index (χ4v) is 2.61. The zero-order chi connectivity index (χ0) is 13.7. The van der Waals surface area contributed by atoms with Gasteiger partial charge in [0, 0.05) is 5.92 Å². The van der Waals surface area contributed by atoms with E-state index in [1.54, 1.807) is 0 Å². The van der Waals surface area contributed by atoms with Gasteiger partial charge in [0.15, 0.2) is 0 Å². The Morgan fingerprint density at radius 1 is 1.44 bits per heavy atom. The van der Waals surface area contributed by atoms with Gasteiger partial charge in [-0.1, -0.05) is 26.7 Å². The molecule has 0 aliphatic heterocycles. The number of hydrogen-bond acceptors (Lipinski definition) is 3. The van der Waals surface area contributed by atoms with E-state index in [2.05, 4.69) is 5.32 Å². The number of amides is 1. The molecule has 0 spiro atoms. The van der Waals surface area contributed by atoms with Crippen LogP contribution >= 0.6 is 0 Å². The van der Waals surface area contributed by atoms with Crippen LogP contribution in [-0.4, -0.2) is 29.6 Å². The molecule has 5 nitrogen and oxygen atoms in total. The summed E-state index contributed by atoms with van der Waals surface area (Å²) in [5.41, 5.74) is 5.64. The highest BCUT2D eigenvalue weighted by Crippen LogP contribution is 2.31. The van der Waals surface area contributed by atoms with Gasteiger partial charge in [0.25, 0.3) is 0 Å². The molecule has 1 aliphatic rings. The molecule has 2 unspecified atom stereocenters. The molecule has 1 saturated carbocycles. The van der Waals surface area contributed by atoms with Gasteiger partial charge in [0.1, 0.15) is 6.04 Å². The molecule has 0 aromatic rings. The van der Waals surface area contributed by atoms with E-state index in [0.717, 1.165) is 25.7 Å². The van der Waals surface area contributed by atoms with E-state index < -0.39 is 12.0 Å². The lowest BCUT2D eigenvalue weighted by molar-refractivity contribution is -0.144. The van der Waals surface area contributed by atoms with Crippen molar-refractivity contribution >= 4 is 11.9 Å². The molecule has 18 heavy (non-hydrogen) atoms. The van der Waals surface area contributed by atoms with Crippen LogP contribution in [0.25, 0.3) is 0 Å². The Kier molecular flexibility index (Phi) is 5.59.